The van der Waals surface area contributed by atoms with Crippen LogP contribution in [0.3, 0.4) is 0 Å². The van der Waals surface area contributed by atoms with Gasteiger partial charge in [0.2, 0.25) is 0 Å². The molecule has 0 radical (unpaired) electrons. The number of hydrogen-bond donors (Lipinski definition) is 1. The lowest BCUT2D eigenvalue weighted by Crippen LogP contribution is -2.32. The van der Waals surface area contributed by atoms with Gasteiger partial charge in [0.1, 0.15) is 5.76 Å². The normalized spacial score (nSPS) is 24.5. The Bertz CT molecular complexity index is 284. The smallest absolute Gasteiger partial charge is 0.120 e. The van der Waals surface area contributed by atoms with E-state index in [1.807, 2.05) is 12.1 Å². The first-order valence-electron chi connectivity index (χ1n) is 5.84. The molecule has 1 aliphatic heterocycles. The van der Waals surface area contributed by atoms with Crippen LogP contribution in [-0.2, 0) is 0 Å². The van der Waals surface area contributed by atoms with Gasteiger partial charge in [-0.15, -0.1) is 0 Å². The highest BCUT2D eigenvalue weighted by Crippen LogP contribution is 2.25. The fourth-order valence-electron chi connectivity index (χ4n) is 2.49. The van der Waals surface area contributed by atoms with Crippen LogP contribution < -0.4 is 5.73 Å². The zero-order chi connectivity index (χ0) is 10.7. The Morgan fingerprint density at radius 1 is 1.67 bits per heavy atom. The Hall–Kier alpha value is -0.800. The average Bonchev–Trinajstić information content (AvgIpc) is 2.87. The molecule has 84 valence electrons. The molecule has 0 spiro atoms. The summed E-state index contributed by atoms with van der Waals surface area (Å²) in [4.78, 5) is 2.52. The first kappa shape index (κ1) is 10.7. The summed E-state index contributed by atoms with van der Waals surface area (Å²) in [6.45, 7) is 4.58. The quantitative estimate of drug-likeness (QED) is 0.824. The molecule has 15 heavy (non-hydrogen) atoms. The summed E-state index contributed by atoms with van der Waals surface area (Å²) in [6, 6.07) is 4.57. The lowest BCUT2D eigenvalue weighted by atomic mass is 10.0. The van der Waals surface area contributed by atoms with Crippen LogP contribution in [0.2, 0.25) is 0 Å². The molecule has 1 aromatic heterocycles. The van der Waals surface area contributed by atoms with E-state index in [1.54, 1.807) is 6.26 Å². The van der Waals surface area contributed by atoms with Gasteiger partial charge in [0.05, 0.1) is 12.3 Å². The van der Waals surface area contributed by atoms with Gasteiger partial charge in [-0.1, -0.05) is 6.92 Å². The molecule has 3 nitrogen and oxygen atoms in total. The van der Waals surface area contributed by atoms with Crippen LogP contribution in [0.25, 0.3) is 0 Å². The van der Waals surface area contributed by atoms with Crippen molar-refractivity contribution in [3.8, 4) is 0 Å². The maximum absolute atomic E-state index is 6.12. The molecule has 0 bridgehead atoms. The van der Waals surface area contributed by atoms with Crippen molar-refractivity contribution < 1.29 is 4.42 Å². The highest BCUT2D eigenvalue weighted by atomic mass is 16.3. The summed E-state index contributed by atoms with van der Waals surface area (Å²) in [7, 11) is 0. The van der Waals surface area contributed by atoms with Crippen LogP contribution in [0, 0.1) is 0 Å². The van der Waals surface area contributed by atoms with Crippen LogP contribution in [0.5, 0.6) is 0 Å². The third-order valence-electron chi connectivity index (χ3n) is 3.34. The first-order chi connectivity index (χ1) is 7.31. The SMILES string of the molecule is CCN1CCCC1CC(N)c1ccco1. The van der Waals surface area contributed by atoms with Crippen molar-refractivity contribution in [2.45, 2.75) is 38.3 Å². The Labute approximate surface area is 91.2 Å². The molecule has 0 aromatic carbocycles. The predicted octanol–water partition coefficient (Wildman–Crippen LogP) is 2.15. The van der Waals surface area contributed by atoms with Gasteiger partial charge in [-0.3, -0.25) is 0 Å². The van der Waals surface area contributed by atoms with E-state index in [2.05, 4.69) is 11.8 Å². The second kappa shape index (κ2) is 4.81. The third kappa shape index (κ3) is 2.41. The Balaban J connectivity index is 1.91. The largest absolute Gasteiger partial charge is 0.468 e. The van der Waals surface area contributed by atoms with Crippen molar-refractivity contribution in [3.63, 3.8) is 0 Å². The van der Waals surface area contributed by atoms with E-state index in [4.69, 9.17) is 10.2 Å². The summed E-state index contributed by atoms with van der Waals surface area (Å²) < 4.78 is 5.33. The maximum atomic E-state index is 6.12. The topological polar surface area (TPSA) is 42.4 Å². The van der Waals surface area contributed by atoms with Crippen LogP contribution in [-0.4, -0.2) is 24.0 Å². The number of hydrogen-bond acceptors (Lipinski definition) is 3. The molecule has 1 saturated heterocycles. The molecule has 2 heterocycles. The molecule has 2 atom stereocenters. The fraction of sp³-hybridized carbons (Fsp3) is 0.667. The van der Waals surface area contributed by atoms with Crippen molar-refractivity contribution in [3.05, 3.63) is 24.2 Å². The number of nitrogens with two attached hydrogens (primary N) is 1. The lowest BCUT2D eigenvalue weighted by molar-refractivity contribution is 0.239. The van der Waals surface area contributed by atoms with Gasteiger partial charge in [0.15, 0.2) is 0 Å². The molecule has 2 rings (SSSR count). The third-order valence-corrected chi connectivity index (χ3v) is 3.34. The Morgan fingerprint density at radius 2 is 2.53 bits per heavy atom. The van der Waals surface area contributed by atoms with E-state index in [0.717, 1.165) is 18.7 Å². The molecule has 1 aliphatic rings. The Morgan fingerprint density at radius 3 is 3.20 bits per heavy atom. The molecule has 3 heteroatoms. The van der Waals surface area contributed by atoms with Crippen molar-refractivity contribution in [2.75, 3.05) is 13.1 Å². The molecular weight excluding hydrogens is 188 g/mol. The van der Waals surface area contributed by atoms with Crippen molar-refractivity contribution in [2.24, 2.45) is 5.73 Å². The standard InChI is InChI=1S/C12H20N2O/c1-2-14-7-3-5-10(14)9-11(13)12-6-4-8-15-12/h4,6,8,10-11H,2-3,5,7,9,13H2,1H3. The molecule has 2 N–H and O–H groups in total. The van der Waals surface area contributed by atoms with Gasteiger partial charge in [-0.2, -0.15) is 0 Å². The lowest BCUT2D eigenvalue weighted by Gasteiger charge is -2.24. The van der Waals surface area contributed by atoms with E-state index >= 15 is 0 Å². The molecule has 1 aromatic rings. The Kier molecular flexibility index (Phi) is 3.44. The number of rotatable bonds is 4. The minimum atomic E-state index is 0.0529. The average molecular weight is 208 g/mol. The zero-order valence-electron chi connectivity index (χ0n) is 9.36. The van der Waals surface area contributed by atoms with E-state index in [1.165, 1.54) is 19.4 Å². The van der Waals surface area contributed by atoms with E-state index in [-0.39, 0.29) is 6.04 Å². The molecule has 0 saturated carbocycles. The van der Waals surface area contributed by atoms with E-state index < -0.39 is 0 Å². The summed E-state index contributed by atoms with van der Waals surface area (Å²) in [5.41, 5.74) is 6.12. The second-order valence-electron chi connectivity index (χ2n) is 4.28. The monoisotopic (exact) mass is 208 g/mol. The van der Waals surface area contributed by atoms with Gasteiger partial charge in [-0.25, -0.2) is 0 Å². The molecule has 0 aliphatic carbocycles. The minimum absolute atomic E-state index is 0.0529. The molecular formula is C12H20N2O. The molecule has 2 unspecified atom stereocenters. The van der Waals surface area contributed by atoms with Crippen LogP contribution in [0.1, 0.15) is 38.0 Å². The van der Waals surface area contributed by atoms with Gasteiger partial charge >= 0.3 is 0 Å². The summed E-state index contributed by atoms with van der Waals surface area (Å²) in [5, 5.41) is 0. The highest BCUT2D eigenvalue weighted by Gasteiger charge is 2.25. The minimum Gasteiger partial charge on any atom is -0.468 e. The summed E-state index contributed by atoms with van der Waals surface area (Å²) >= 11 is 0. The van der Waals surface area contributed by atoms with E-state index in [0.29, 0.717) is 6.04 Å². The second-order valence-corrected chi connectivity index (χ2v) is 4.28. The van der Waals surface area contributed by atoms with Gasteiger partial charge in [0, 0.05) is 6.04 Å². The molecule has 1 fully saturated rings. The first-order valence-corrected chi connectivity index (χ1v) is 5.84. The predicted molar refractivity (Wildman–Crippen MR) is 60.5 cm³/mol. The number of nitrogens with zero attached hydrogens (tertiary/aromatic N) is 1. The van der Waals surface area contributed by atoms with Crippen LogP contribution in [0.4, 0.5) is 0 Å². The van der Waals surface area contributed by atoms with Crippen LogP contribution in [0.15, 0.2) is 22.8 Å². The van der Waals surface area contributed by atoms with Gasteiger partial charge < -0.3 is 15.1 Å². The van der Waals surface area contributed by atoms with Crippen molar-refractivity contribution in [1.29, 1.82) is 0 Å². The van der Waals surface area contributed by atoms with Crippen LogP contribution >= 0.6 is 0 Å². The van der Waals surface area contributed by atoms with Crippen molar-refractivity contribution in [1.82, 2.24) is 4.90 Å². The van der Waals surface area contributed by atoms with Gasteiger partial charge in [-0.05, 0) is 44.5 Å². The fourth-order valence-corrected chi connectivity index (χ4v) is 2.49. The zero-order valence-corrected chi connectivity index (χ0v) is 9.36. The highest BCUT2D eigenvalue weighted by molar-refractivity contribution is 5.04. The number of likely N-dealkylation sites (tertiary alicyclic amines) is 1. The summed E-state index contributed by atoms with van der Waals surface area (Å²) in [6.07, 6.45) is 5.30. The van der Waals surface area contributed by atoms with Gasteiger partial charge in [0.25, 0.3) is 0 Å². The van der Waals surface area contributed by atoms with E-state index in [9.17, 15) is 0 Å². The maximum Gasteiger partial charge on any atom is 0.120 e. The summed E-state index contributed by atoms with van der Waals surface area (Å²) in [5.74, 6) is 0.915. The number of furan rings is 1. The molecule has 0 amide bonds. The van der Waals surface area contributed by atoms with Crippen molar-refractivity contribution >= 4 is 0 Å².